The number of carboxylic acid groups (broad SMARTS) is 1. The molecule has 2 fully saturated rings. The average Bonchev–Trinajstić information content (AvgIpc) is 3.35. The second-order valence-electron chi connectivity index (χ2n) is 13.3. The molecule has 2 amide bonds. The number of oxime groups is 1. The van der Waals surface area contributed by atoms with E-state index in [4.69, 9.17) is 25.6 Å². The fourth-order valence-electron chi connectivity index (χ4n) is 6.14. The maximum absolute atomic E-state index is 13.5. The number of β-lactam (4-membered cyclic amide) rings is 1. The van der Waals surface area contributed by atoms with Crippen molar-refractivity contribution in [3.05, 3.63) is 40.4 Å². The molecule has 278 valence electrons. The number of rotatable bonds is 13. The number of nitrogen functional groups attached to an aromatic ring is 1. The van der Waals surface area contributed by atoms with Crippen LogP contribution in [0, 0.1) is 0 Å². The van der Waals surface area contributed by atoms with Crippen LogP contribution in [0.4, 0.5) is 5.13 Å². The number of hydroxylamine groups is 2. The number of likely N-dealkylation sites (N-methyl/N-ethyl adjacent to an activating group) is 1. The number of thiazole rings is 1. The number of hydrogen-bond acceptors (Lipinski definition) is 15. The van der Waals surface area contributed by atoms with E-state index in [2.05, 4.69) is 30.0 Å². The topological polar surface area (TPSA) is 291 Å². The molecule has 3 atom stereocenters. The number of carbonyl (C=O) groups excluding carboxylic acids is 2. The maximum atomic E-state index is 13.5. The van der Waals surface area contributed by atoms with Crippen LogP contribution in [0.3, 0.4) is 0 Å². The molecule has 0 radical (unpaired) electrons. The summed E-state index contributed by atoms with van der Waals surface area (Å²) in [6.07, 6.45) is 1.44. The van der Waals surface area contributed by atoms with Gasteiger partial charge in [-0.05, 0) is 83.7 Å². The molecule has 21 heteroatoms. The largest absolute Gasteiger partial charge is 0.485 e. The van der Waals surface area contributed by atoms with Gasteiger partial charge in [0, 0.05) is 16.5 Å². The van der Waals surface area contributed by atoms with E-state index in [1.54, 1.807) is 19.2 Å². The van der Waals surface area contributed by atoms with Crippen molar-refractivity contribution in [2.75, 3.05) is 19.4 Å². The molecular weight excluding hydrogens is 713 g/mol. The molecule has 0 unspecified atom stereocenters. The first-order valence-electron chi connectivity index (χ1n) is 15.8. The first-order valence-corrected chi connectivity index (χ1v) is 18.0. The lowest BCUT2D eigenvalue weighted by Gasteiger charge is -2.50. The molecule has 3 aliphatic rings. The van der Waals surface area contributed by atoms with Gasteiger partial charge < -0.3 is 41.9 Å². The van der Waals surface area contributed by atoms with Gasteiger partial charge in [-0.25, -0.2) is 9.78 Å². The summed E-state index contributed by atoms with van der Waals surface area (Å²) >= 11 is 0.961. The first-order chi connectivity index (χ1) is 23.8. The predicted molar refractivity (Wildman–Crippen MR) is 182 cm³/mol. The number of carboxylic acids is 1. The minimum absolute atomic E-state index is 0.00156. The number of benzene rings is 1. The van der Waals surface area contributed by atoms with E-state index < -0.39 is 57.2 Å². The third-order valence-corrected chi connectivity index (χ3v) is 10.4. The highest BCUT2D eigenvalue weighted by atomic mass is 32.3. The van der Waals surface area contributed by atoms with Crippen LogP contribution in [0.25, 0.3) is 0 Å². The van der Waals surface area contributed by atoms with Crippen LogP contribution >= 0.6 is 11.3 Å². The van der Waals surface area contributed by atoms with Gasteiger partial charge in [0.25, 0.3) is 17.4 Å². The number of hydrogen-bond donors (Lipinski definition) is 7. The van der Waals surface area contributed by atoms with Crippen molar-refractivity contribution in [3.63, 3.8) is 0 Å². The van der Waals surface area contributed by atoms with E-state index in [0.29, 0.717) is 47.9 Å². The highest BCUT2D eigenvalue weighted by Crippen LogP contribution is 2.36. The fraction of sp³-hybridized carbons (Fsp3) is 0.533. The Bertz CT molecular complexity index is 1870. The lowest BCUT2D eigenvalue weighted by Crippen LogP contribution is -2.76. The molecule has 9 N–H and O–H groups in total. The van der Waals surface area contributed by atoms with Crippen LogP contribution in [-0.4, -0.2) is 111 Å². The van der Waals surface area contributed by atoms with Gasteiger partial charge in [0.2, 0.25) is 0 Å². The zero-order valence-corrected chi connectivity index (χ0v) is 29.8. The van der Waals surface area contributed by atoms with Gasteiger partial charge in [-0.2, -0.15) is 13.5 Å². The SMILES string of the molecule is CNC1(CO)CC(N=C(N)c2ccc3c(c2)CCC[C@H]([C@](C)(O/N=C(\C(=O)N[C@@H]2C(=O)N(OS(=O)(=O)O)C2(C)C)c2csc(N)n2)C(=O)O)O3)C1. The number of aliphatic carboxylic acids is 1. The Hall–Kier alpha value is -4.41. The van der Waals surface area contributed by atoms with E-state index >= 15 is 0 Å². The Morgan fingerprint density at radius 2 is 2.00 bits per heavy atom. The van der Waals surface area contributed by atoms with Crippen molar-refractivity contribution in [2.45, 2.75) is 87.7 Å². The number of anilines is 1. The summed E-state index contributed by atoms with van der Waals surface area (Å²) in [6, 6.07) is 3.84. The number of carbonyl (C=O) groups is 3. The number of nitrogens with zero attached hydrogens (tertiary/aromatic N) is 4. The van der Waals surface area contributed by atoms with Crippen molar-refractivity contribution in [1.29, 1.82) is 0 Å². The van der Waals surface area contributed by atoms with Crippen molar-refractivity contribution in [3.8, 4) is 5.75 Å². The number of amides is 2. The molecule has 0 spiro atoms. The molecule has 1 saturated heterocycles. The molecule has 5 rings (SSSR count). The second kappa shape index (κ2) is 14.0. The highest BCUT2D eigenvalue weighted by molar-refractivity contribution is 7.80. The Balaban J connectivity index is 1.35. The monoisotopic (exact) mass is 752 g/mol. The summed E-state index contributed by atoms with van der Waals surface area (Å²) in [6.45, 7) is 3.98. The minimum Gasteiger partial charge on any atom is -0.485 e. The number of fused-ring (bicyclic) bond motifs is 1. The van der Waals surface area contributed by atoms with Crippen molar-refractivity contribution >= 4 is 56.2 Å². The van der Waals surface area contributed by atoms with E-state index in [1.807, 2.05) is 6.07 Å². The van der Waals surface area contributed by atoms with Crippen LogP contribution in [0.5, 0.6) is 5.75 Å². The molecule has 1 aliphatic carbocycles. The van der Waals surface area contributed by atoms with Gasteiger partial charge in [0.05, 0.1) is 18.2 Å². The zero-order chi connectivity index (χ0) is 37.5. The first kappa shape index (κ1) is 37.8. The van der Waals surface area contributed by atoms with Gasteiger partial charge >= 0.3 is 16.4 Å². The van der Waals surface area contributed by atoms with Crippen LogP contribution < -0.4 is 26.8 Å². The van der Waals surface area contributed by atoms with Crippen LogP contribution in [0.2, 0.25) is 0 Å². The summed E-state index contributed by atoms with van der Waals surface area (Å²) < 4.78 is 41.9. The third-order valence-electron chi connectivity index (χ3n) is 9.41. The van der Waals surface area contributed by atoms with Crippen molar-refractivity contribution in [2.24, 2.45) is 15.9 Å². The maximum Gasteiger partial charge on any atom is 0.418 e. The molecule has 0 bridgehead atoms. The Morgan fingerprint density at radius 1 is 1.29 bits per heavy atom. The number of nitrogens with two attached hydrogens (primary N) is 2. The number of aliphatic imine (C=N–C) groups is 1. The highest BCUT2D eigenvalue weighted by Gasteiger charge is 2.58. The number of aryl methyl sites for hydroxylation is 1. The van der Waals surface area contributed by atoms with Crippen molar-refractivity contribution in [1.82, 2.24) is 20.7 Å². The number of ether oxygens (including phenoxy) is 1. The summed E-state index contributed by atoms with van der Waals surface area (Å²) in [4.78, 5) is 53.2. The molecule has 1 aromatic heterocycles. The lowest BCUT2D eigenvalue weighted by atomic mass is 9.73. The fourth-order valence-corrected chi connectivity index (χ4v) is 7.14. The summed E-state index contributed by atoms with van der Waals surface area (Å²) in [5, 5.41) is 31.3. The van der Waals surface area contributed by atoms with E-state index in [-0.39, 0.29) is 35.4 Å². The van der Waals surface area contributed by atoms with Gasteiger partial charge in [0.1, 0.15) is 23.3 Å². The Kier molecular flexibility index (Phi) is 10.4. The quantitative estimate of drug-likeness (QED) is 0.0456. The molecule has 2 aliphatic heterocycles. The van der Waals surface area contributed by atoms with Crippen LogP contribution in [0.15, 0.2) is 33.7 Å². The van der Waals surface area contributed by atoms with E-state index in [0.717, 1.165) is 16.9 Å². The molecule has 3 heterocycles. The molecular formula is C30H40N8O11S2. The molecule has 1 saturated carbocycles. The predicted octanol–water partition coefficient (Wildman–Crippen LogP) is -0.269. The summed E-state index contributed by atoms with van der Waals surface area (Å²) in [5.74, 6) is -2.74. The summed E-state index contributed by atoms with van der Waals surface area (Å²) in [7, 11) is -3.24. The molecule has 51 heavy (non-hydrogen) atoms. The van der Waals surface area contributed by atoms with Crippen molar-refractivity contribution < 1.29 is 51.4 Å². The van der Waals surface area contributed by atoms with Gasteiger partial charge in [-0.15, -0.1) is 15.6 Å². The average molecular weight is 753 g/mol. The van der Waals surface area contributed by atoms with Gasteiger partial charge in [-0.3, -0.25) is 19.1 Å². The molecule has 1 aromatic carbocycles. The number of aliphatic hydroxyl groups excluding tert-OH is 1. The number of aliphatic hydroxyl groups is 1. The third kappa shape index (κ3) is 7.62. The second-order valence-corrected chi connectivity index (χ2v) is 15.2. The standard InChI is InChI=1S/C30H40N8O11S2/c1-28(2)22(25(41)38(28)49-51(44,45)46)36-24(40)21(18-13-50-27(32)35-18)37-48-29(3,26(42)43)20-7-5-6-15-10-16(8-9-19(15)47-20)23(31)34-17-11-30(12-17,14-39)33-4/h8-10,13,17,20,22,33,39H,5-7,11-12,14H2,1-4H3,(H2,31,34)(H2,32,35)(H,36,40)(H,42,43)(H,44,45,46)/b37-21-/t17?,20-,22-,29+,30?/m1/s1. The number of aromatic nitrogens is 1. The zero-order valence-electron chi connectivity index (χ0n) is 28.2. The van der Waals surface area contributed by atoms with E-state index in [9.17, 15) is 33.0 Å². The normalized spacial score (nSPS) is 26.0. The number of amidine groups is 1. The number of nitrogens with one attached hydrogen (secondary N) is 2. The summed E-state index contributed by atoms with van der Waals surface area (Å²) in [5.41, 5.74) is 8.98. The van der Waals surface area contributed by atoms with E-state index in [1.165, 1.54) is 26.2 Å². The lowest BCUT2D eigenvalue weighted by molar-refractivity contribution is -0.218. The van der Waals surface area contributed by atoms with Gasteiger partial charge in [-0.1, -0.05) is 5.16 Å². The Labute approximate surface area is 296 Å². The Morgan fingerprint density at radius 3 is 2.57 bits per heavy atom. The molecule has 19 nitrogen and oxygen atoms in total. The minimum atomic E-state index is -5.04. The van der Waals surface area contributed by atoms with Crippen LogP contribution in [-0.2, 0) is 40.3 Å². The van der Waals surface area contributed by atoms with Crippen LogP contribution in [0.1, 0.15) is 63.3 Å². The smallest absolute Gasteiger partial charge is 0.418 e. The van der Waals surface area contributed by atoms with Gasteiger partial charge in [0.15, 0.2) is 16.9 Å². The molecule has 2 aromatic rings.